The molecule has 1 heterocycles. The van der Waals surface area contributed by atoms with Crippen molar-refractivity contribution in [2.75, 3.05) is 0 Å². The molecule has 1 aromatic heterocycles. The molecule has 0 fully saturated rings. The molecule has 2 aromatic rings. The van der Waals surface area contributed by atoms with E-state index in [1.165, 1.54) is 0 Å². The molecule has 0 aliphatic rings. The van der Waals surface area contributed by atoms with E-state index in [0.717, 1.165) is 5.52 Å². The second kappa shape index (κ2) is 5.88. The van der Waals surface area contributed by atoms with Crippen molar-refractivity contribution in [3.63, 3.8) is 0 Å². The molecule has 7 heteroatoms. The molecule has 1 aromatic carbocycles. The third-order valence-corrected chi connectivity index (χ3v) is 2.46. The van der Waals surface area contributed by atoms with Crippen LogP contribution in [-0.4, -0.2) is 16.8 Å². The third-order valence-electron chi connectivity index (χ3n) is 2.46. The maximum Gasteiger partial charge on any atom is 1.00 e. The number of rotatable bonds is 3. The molecule has 2 nitrogen and oxygen atoms in total. The van der Waals surface area contributed by atoms with Gasteiger partial charge in [-0.15, -0.1) is 0 Å². The van der Waals surface area contributed by atoms with Gasteiger partial charge in [-0.3, -0.25) is 4.68 Å². The second-order valence-electron chi connectivity index (χ2n) is 3.69. The molecule has 2 rings (SSSR count). The summed E-state index contributed by atoms with van der Waals surface area (Å²) in [6.07, 6.45) is -0.909. The summed E-state index contributed by atoms with van der Waals surface area (Å²) in [5.74, 6) is 0. The molecule has 0 aliphatic heterocycles. The van der Waals surface area contributed by atoms with Gasteiger partial charge in [0.15, 0.2) is 0 Å². The van der Waals surface area contributed by atoms with E-state index in [2.05, 4.69) is 5.10 Å². The number of fused-ring (bicyclic) bond motifs is 1. The molecule has 0 spiro atoms. The molecule has 0 aliphatic carbocycles. The molecule has 0 bridgehead atoms. The van der Waals surface area contributed by atoms with Crippen LogP contribution in [-0.2, 0) is 12.9 Å². The van der Waals surface area contributed by atoms with Gasteiger partial charge in [0.2, 0.25) is 0 Å². The fraction of sp³-hybridized carbons (Fsp3) is 0.300. The Balaban J connectivity index is 0.00000144. The molecule has 0 radical (unpaired) electrons. The van der Waals surface area contributed by atoms with Crippen LogP contribution in [0.3, 0.4) is 0 Å². The Morgan fingerprint density at radius 3 is 2.47 bits per heavy atom. The molecule has 0 amide bonds. The van der Waals surface area contributed by atoms with Crippen LogP contribution in [0.1, 0.15) is 12.6 Å². The maximum absolute atomic E-state index is 12.4. The Morgan fingerprint density at radius 2 is 1.88 bits per heavy atom. The number of aryl methyl sites for hydroxylation is 1. The first-order valence-electron chi connectivity index (χ1n) is 5.16. The SMILES string of the molecule is CCn1nc(C[B-](F)(F)F)c2ccccc21.[K+]. The first-order chi connectivity index (χ1) is 7.51. The van der Waals surface area contributed by atoms with Crippen LogP contribution in [0.25, 0.3) is 10.9 Å². The Morgan fingerprint density at radius 1 is 1.24 bits per heavy atom. The van der Waals surface area contributed by atoms with Gasteiger partial charge in [-0.25, -0.2) is 0 Å². The van der Waals surface area contributed by atoms with Crippen molar-refractivity contribution in [1.29, 1.82) is 0 Å². The van der Waals surface area contributed by atoms with E-state index in [1.807, 2.05) is 6.92 Å². The van der Waals surface area contributed by atoms with Crippen LogP contribution in [0, 0.1) is 0 Å². The predicted molar refractivity (Wildman–Crippen MR) is 58.2 cm³/mol. The van der Waals surface area contributed by atoms with Crippen molar-refractivity contribution < 1.29 is 64.3 Å². The van der Waals surface area contributed by atoms with Crippen LogP contribution in [0.5, 0.6) is 0 Å². The zero-order valence-corrected chi connectivity index (χ0v) is 13.0. The van der Waals surface area contributed by atoms with Crippen LogP contribution >= 0.6 is 0 Å². The molecule has 0 saturated heterocycles. The van der Waals surface area contributed by atoms with E-state index in [4.69, 9.17) is 0 Å². The van der Waals surface area contributed by atoms with Crippen LogP contribution in [0.4, 0.5) is 12.9 Å². The summed E-state index contributed by atoms with van der Waals surface area (Å²) < 4.78 is 38.8. The van der Waals surface area contributed by atoms with Gasteiger partial charge in [-0.1, -0.05) is 18.2 Å². The minimum absolute atomic E-state index is 0. The van der Waals surface area contributed by atoms with Crippen LogP contribution < -0.4 is 51.4 Å². The fourth-order valence-electron chi connectivity index (χ4n) is 1.81. The molecule has 17 heavy (non-hydrogen) atoms. The minimum atomic E-state index is -4.83. The Labute approximate surface area is 140 Å². The van der Waals surface area contributed by atoms with Crippen molar-refractivity contribution in [3.8, 4) is 0 Å². The van der Waals surface area contributed by atoms with Gasteiger partial charge in [-0.2, -0.15) is 5.10 Å². The first kappa shape index (κ1) is 15.2. The van der Waals surface area contributed by atoms with Crippen molar-refractivity contribution in [1.82, 2.24) is 9.78 Å². The number of benzene rings is 1. The number of para-hydroxylation sites is 1. The summed E-state index contributed by atoms with van der Waals surface area (Å²) in [6.45, 7) is -2.39. The monoisotopic (exact) mass is 266 g/mol. The van der Waals surface area contributed by atoms with Gasteiger partial charge < -0.3 is 12.9 Å². The first-order valence-corrected chi connectivity index (χ1v) is 5.16. The number of halogens is 3. The van der Waals surface area contributed by atoms with Gasteiger partial charge in [-0.05, 0) is 19.3 Å². The van der Waals surface area contributed by atoms with Crippen molar-refractivity contribution in [2.24, 2.45) is 0 Å². The average Bonchev–Trinajstić information content (AvgIpc) is 2.55. The molecule has 0 N–H and O–H groups in total. The number of hydrogen-bond donors (Lipinski definition) is 0. The molecular formula is C10H11BF3KN2. The number of hydrogen-bond acceptors (Lipinski definition) is 1. The topological polar surface area (TPSA) is 17.8 Å². The summed E-state index contributed by atoms with van der Waals surface area (Å²) >= 11 is 0. The van der Waals surface area contributed by atoms with Crippen LogP contribution in [0.2, 0.25) is 0 Å². The quantitative estimate of drug-likeness (QED) is 0.714. The Hall–Kier alpha value is 0.181. The van der Waals surface area contributed by atoms with E-state index in [1.54, 1.807) is 28.9 Å². The summed E-state index contributed by atoms with van der Waals surface area (Å²) in [5, 5.41) is 4.61. The van der Waals surface area contributed by atoms with Gasteiger partial charge in [0.1, 0.15) is 0 Å². The summed E-state index contributed by atoms with van der Waals surface area (Å²) in [7, 11) is 0. The number of nitrogens with zero attached hydrogens (tertiary/aromatic N) is 2. The zero-order valence-electron chi connectivity index (χ0n) is 9.83. The average molecular weight is 266 g/mol. The van der Waals surface area contributed by atoms with E-state index in [0.29, 0.717) is 11.9 Å². The molecule has 0 atom stereocenters. The molecule has 0 unspecified atom stereocenters. The zero-order chi connectivity index (χ0) is 11.8. The second-order valence-corrected chi connectivity index (χ2v) is 3.69. The standard InChI is InChI=1S/C10H11BF3N2.K/c1-2-16-10-6-4-3-5-8(10)9(15-16)7-11(12,13)14;/h3-6H,2,7H2,1H3;/q-1;+1. The van der Waals surface area contributed by atoms with Gasteiger partial charge >= 0.3 is 58.4 Å². The largest absolute Gasteiger partial charge is 1.00 e. The smallest absolute Gasteiger partial charge is 0.449 e. The van der Waals surface area contributed by atoms with Gasteiger partial charge in [0, 0.05) is 17.6 Å². The fourth-order valence-corrected chi connectivity index (χ4v) is 1.81. The Kier molecular flexibility index (Phi) is 5.27. The maximum atomic E-state index is 12.4. The number of aromatic nitrogens is 2. The van der Waals surface area contributed by atoms with E-state index < -0.39 is 13.3 Å². The van der Waals surface area contributed by atoms with Crippen molar-refractivity contribution in [3.05, 3.63) is 30.0 Å². The van der Waals surface area contributed by atoms with Crippen molar-refractivity contribution >= 4 is 17.9 Å². The predicted octanol–water partition coefficient (Wildman–Crippen LogP) is -0.0107. The molecule has 86 valence electrons. The summed E-state index contributed by atoms with van der Waals surface area (Å²) in [4.78, 5) is 0. The third kappa shape index (κ3) is 3.57. The summed E-state index contributed by atoms with van der Waals surface area (Å²) in [6, 6.07) is 7.01. The normalized spacial score (nSPS) is 11.5. The van der Waals surface area contributed by atoms with E-state index in [-0.39, 0.29) is 57.1 Å². The molecule has 0 saturated carbocycles. The van der Waals surface area contributed by atoms with E-state index >= 15 is 0 Å². The van der Waals surface area contributed by atoms with E-state index in [9.17, 15) is 12.9 Å². The van der Waals surface area contributed by atoms with Crippen molar-refractivity contribution in [2.45, 2.75) is 19.8 Å². The minimum Gasteiger partial charge on any atom is -0.449 e. The van der Waals surface area contributed by atoms with Crippen LogP contribution in [0.15, 0.2) is 24.3 Å². The van der Waals surface area contributed by atoms with Gasteiger partial charge in [0.05, 0.1) is 5.52 Å². The Bertz CT molecular complexity index is 510. The summed E-state index contributed by atoms with van der Waals surface area (Å²) in [5.41, 5.74) is 0.894. The van der Waals surface area contributed by atoms with Gasteiger partial charge in [0.25, 0.3) is 0 Å². The molecular weight excluding hydrogens is 255 g/mol.